The highest BCUT2D eigenvalue weighted by molar-refractivity contribution is 7.88. The molecule has 0 saturated heterocycles. The summed E-state index contributed by atoms with van der Waals surface area (Å²) in [4.78, 5) is 0. The second-order valence-electron chi connectivity index (χ2n) is 5.70. The molecule has 0 saturated carbocycles. The van der Waals surface area contributed by atoms with Crippen molar-refractivity contribution in [2.24, 2.45) is 5.92 Å². The largest absolute Gasteiger partial charge is 0.388 e. The van der Waals surface area contributed by atoms with Gasteiger partial charge in [-0.3, -0.25) is 0 Å². The van der Waals surface area contributed by atoms with Gasteiger partial charge in [-0.2, -0.15) is 4.31 Å². The van der Waals surface area contributed by atoms with Crippen LogP contribution < -0.4 is 0 Å². The van der Waals surface area contributed by atoms with Gasteiger partial charge in [-0.25, -0.2) is 8.42 Å². The van der Waals surface area contributed by atoms with Gasteiger partial charge < -0.3 is 5.11 Å². The van der Waals surface area contributed by atoms with E-state index in [0.717, 1.165) is 16.7 Å². The van der Waals surface area contributed by atoms with E-state index in [-0.39, 0.29) is 0 Å². The number of benzene rings is 1. The maximum absolute atomic E-state index is 11.5. The monoisotopic (exact) mass is 283 g/mol. The summed E-state index contributed by atoms with van der Waals surface area (Å²) in [6.07, 6.45) is 1.47. The van der Waals surface area contributed by atoms with Crippen LogP contribution in [-0.2, 0) is 23.1 Å². The quantitative estimate of drug-likeness (QED) is 0.920. The van der Waals surface area contributed by atoms with E-state index in [9.17, 15) is 13.5 Å². The van der Waals surface area contributed by atoms with Crippen molar-refractivity contribution in [3.63, 3.8) is 0 Å². The zero-order chi connectivity index (χ0) is 14.2. The molecule has 1 aromatic rings. The van der Waals surface area contributed by atoms with Crippen LogP contribution in [0.15, 0.2) is 18.2 Å². The average molecular weight is 283 g/mol. The first-order chi connectivity index (χ1) is 8.77. The second-order valence-corrected chi connectivity index (χ2v) is 7.69. The van der Waals surface area contributed by atoms with E-state index < -0.39 is 16.1 Å². The molecule has 0 spiro atoms. The molecular weight excluding hydrogens is 262 g/mol. The van der Waals surface area contributed by atoms with Crippen molar-refractivity contribution in [1.29, 1.82) is 0 Å². The van der Waals surface area contributed by atoms with E-state index >= 15 is 0 Å². The summed E-state index contributed by atoms with van der Waals surface area (Å²) in [6.45, 7) is 5.00. The molecule has 1 aliphatic heterocycles. The van der Waals surface area contributed by atoms with Crippen LogP contribution in [0.1, 0.15) is 43.1 Å². The first-order valence-corrected chi connectivity index (χ1v) is 8.37. The minimum atomic E-state index is -3.15. The van der Waals surface area contributed by atoms with Crippen molar-refractivity contribution in [1.82, 2.24) is 4.31 Å². The summed E-state index contributed by atoms with van der Waals surface area (Å²) in [5.74, 6) is 0.427. The van der Waals surface area contributed by atoms with Crippen molar-refractivity contribution in [3.8, 4) is 0 Å². The Morgan fingerprint density at radius 1 is 1.26 bits per heavy atom. The molecule has 1 aromatic carbocycles. The van der Waals surface area contributed by atoms with Crippen molar-refractivity contribution >= 4 is 10.0 Å². The summed E-state index contributed by atoms with van der Waals surface area (Å²) >= 11 is 0. The number of hydrogen-bond acceptors (Lipinski definition) is 3. The topological polar surface area (TPSA) is 57.6 Å². The van der Waals surface area contributed by atoms with Crippen molar-refractivity contribution in [2.45, 2.75) is 39.5 Å². The van der Waals surface area contributed by atoms with Crippen LogP contribution in [0, 0.1) is 5.92 Å². The molecule has 0 amide bonds. The molecule has 1 N–H and O–H groups in total. The summed E-state index contributed by atoms with van der Waals surface area (Å²) in [6, 6.07) is 5.77. The number of aliphatic hydroxyl groups excluding tert-OH is 1. The fraction of sp³-hybridized carbons (Fsp3) is 0.571. The van der Waals surface area contributed by atoms with Gasteiger partial charge in [0.05, 0.1) is 12.4 Å². The zero-order valence-corrected chi connectivity index (χ0v) is 12.4. The molecule has 1 atom stereocenters. The Bertz CT molecular complexity index is 566. The van der Waals surface area contributed by atoms with Gasteiger partial charge in [0.25, 0.3) is 0 Å². The minimum Gasteiger partial charge on any atom is -0.388 e. The normalized spacial score (nSPS) is 17.7. The zero-order valence-electron chi connectivity index (χ0n) is 11.6. The van der Waals surface area contributed by atoms with Gasteiger partial charge >= 0.3 is 0 Å². The van der Waals surface area contributed by atoms with Gasteiger partial charge in [0, 0.05) is 13.1 Å². The lowest BCUT2D eigenvalue weighted by Gasteiger charge is -2.14. The van der Waals surface area contributed by atoms with Crippen LogP contribution in [0.2, 0.25) is 0 Å². The average Bonchev–Trinajstić information content (AvgIpc) is 2.69. The van der Waals surface area contributed by atoms with Gasteiger partial charge in [-0.05, 0) is 29.0 Å². The molecule has 0 aromatic heterocycles. The molecular formula is C14H21NO3S. The highest BCUT2D eigenvalue weighted by Crippen LogP contribution is 2.29. The lowest BCUT2D eigenvalue weighted by atomic mass is 9.97. The third-order valence-corrected chi connectivity index (χ3v) is 4.67. The summed E-state index contributed by atoms with van der Waals surface area (Å²) in [5, 5.41) is 10.1. The second kappa shape index (κ2) is 5.23. The molecule has 2 rings (SSSR count). The molecule has 0 radical (unpaired) electrons. The molecule has 1 aliphatic rings. The molecule has 19 heavy (non-hydrogen) atoms. The first kappa shape index (κ1) is 14.5. The molecule has 1 unspecified atom stereocenters. The number of fused-ring (bicyclic) bond motifs is 1. The van der Waals surface area contributed by atoms with Crippen LogP contribution >= 0.6 is 0 Å². The highest BCUT2D eigenvalue weighted by atomic mass is 32.2. The van der Waals surface area contributed by atoms with Crippen LogP contribution in [0.5, 0.6) is 0 Å². The van der Waals surface area contributed by atoms with E-state index in [4.69, 9.17) is 0 Å². The maximum Gasteiger partial charge on any atom is 0.211 e. The molecule has 5 heteroatoms. The van der Waals surface area contributed by atoms with Crippen LogP contribution in [0.4, 0.5) is 0 Å². The summed E-state index contributed by atoms with van der Waals surface area (Å²) < 4.78 is 24.5. The van der Waals surface area contributed by atoms with Gasteiger partial charge in [0.1, 0.15) is 0 Å². The maximum atomic E-state index is 11.5. The molecule has 106 valence electrons. The van der Waals surface area contributed by atoms with Gasteiger partial charge in [0.15, 0.2) is 0 Å². The number of hydrogen-bond donors (Lipinski definition) is 1. The molecule has 4 nitrogen and oxygen atoms in total. The van der Waals surface area contributed by atoms with Gasteiger partial charge in [0.2, 0.25) is 10.0 Å². The fourth-order valence-corrected chi connectivity index (χ4v) is 3.15. The summed E-state index contributed by atoms with van der Waals surface area (Å²) in [7, 11) is -3.15. The Morgan fingerprint density at radius 2 is 1.89 bits per heavy atom. The van der Waals surface area contributed by atoms with Crippen LogP contribution in [-0.4, -0.2) is 24.1 Å². The highest BCUT2D eigenvalue weighted by Gasteiger charge is 2.26. The minimum absolute atomic E-state index is 0.413. The van der Waals surface area contributed by atoms with E-state index in [0.29, 0.717) is 25.4 Å². The Balaban J connectivity index is 2.19. The Kier molecular flexibility index (Phi) is 3.99. The number of aliphatic hydroxyl groups is 1. The van der Waals surface area contributed by atoms with Crippen LogP contribution in [0.25, 0.3) is 0 Å². The fourth-order valence-electron chi connectivity index (χ4n) is 2.41. The van der Waals surface area contributed by atoms with Gasteiger partial charge in [-0.15, -0.1) is 0 Å². The Morgan fingerprint density at radius 3 is 2.47 bits per heavy atom. The predicted molar refractivity (Wildman–Crippen MR) is 74.9 cm³/mol. The summed E-state index contributed by atoms with van der Waals surface area (Å²) in [5.41, 5.74) is 2.92. The lowest BCUT2D eigenvalue weighted by Crippen LogP contribution is -2.23. The van der Waals surface area contributed by atoms with Gasteiger partial charge in [-0.1, -0.05) is 32.0 Å². The first-order valence-electron chi connectivity index (χ1n) is 6.52. The van der Waals surface area contributed by atoms with E-state index in [2.05, 4.69) is 13.8 Å². The van der Waals surface area contributed by atoms with Crippen molar-refractivity contribution in [3.05, 3.63) is 34.9 Å². The SMILES string of the molecule is CC(C)CC(O)c1ccc2c(c1)CN(S(C)(=O)=O)C2. The standard InChI is InChI=1S/C14H21NO3S/c1-10(2)6-14(16)11-4-5-12-8-15(19(3,17)18)9-13(12)7-11/h4-5,7,10,14,16H,6,8-9H2,1-3H3. The molecule has 0 fully saturated rings. The Hall–Kier alpha value is -0.910. The third kappa shape index (κ3) is 3.35. The molecule has 0 aliphatic carbocycles. The number of rotatable bonds is 4. The predicted octanol–water partition coefficient (Wildman–Crippen LogP) is 2.04. The third-order valence-electron chi connectivity index (χ3n) is 3.47. The molecule has 0 bridgehead atoms. The van der Waals surface area contributed by atoms with Crippen LogP contribution in [0.3, 0.4) is 0 Å². The van der Waals surface area contributed by atoms with Crippen molar-refractivity contribution in [2.75, 3.05) is 6.26 Å². The molecule has 1 heterocycles. The number of sulfonamides is 1. The number of nitrogens with zero attached hydrogens (tertiary/aromatic N) is 1. The lowest BCUT2D eigenvalue weighted by molar-refractivity contribution is 0.151. The Labute approximate surface area is 115 Å². The van der Waals surface area contributed by atoms with E-state index in [1.165, 1.54) is 10.6 Å². The van der Waals surface area contributed by atoms with E-state index in [1.54, 1.807) is 0 Å². The van der Waals surface area contributed by atoms with Crippen molar-refractivity contribution < 1.29 is 13.5 Å². The van der Waals surface area contributed by atoms with E-state index in [1.807, 2.05) is 18.2 Å². The smallest absolute Gasteiger partial charge is 0.211 e.